The van der Waals surface area contributed by atoms with Crippen LogP contribution in [-0.4, -0.2) is 51.6 Å². The van der Waals surface area contributed by atoms with Crippen LogP contribution in [-0.2, 0) is 13.0 Å². The number of fused-ring (bicyclic) bond motifs is 1. The number of rotatable bonds is 5. The molecule has 3 rings (SSSR count). The van der Waals surface area contributed by atoms with Gasteiger partial charge >= 0.3 is 0 Å². The van der Waals surface area contributed by atoms with Crippen molar-refractivity contribution >= 4 is 22.9 Å². The predicted octanol–water partition coefficient (Wildman–Crippen LogP) is 2.68. The zero-order valence-electron chi connectivity index (χ0n) is 13.0. The maximum Gasteiger partial charge on any atom is 0.160 e. The maximum atomic E-state index is 4.86. The monoisotopic (exact) mass is 304 g/mol. The number of aromatic nitrogens is 3. The summed E-state index contributed by atoms with van der Waals surface area (Å²) in [5, 5.41) is 0. The lowest BCUT2D eigenvalue weighted by Crippen LogP contribution is -2.21. The van der Waals surface area contributed by atoms with Gasteiger partial charge in [0, 0.05) is 25.7 Å². The van der Waals surface area contributed by atoms with Crippen LogP contribution < -0.4 is 0 Å². The Hall–Kier alpha value is -1.07. The van der Waals surface area contributed by atoms with Gasteiger partial charge in [0.25, 0.3) is 0 Å². The van der Waals surface area contributed by atoms with Crippen LogP contribution in [0.15, 0.2) is 18.3 Å². The normalized spacial score (nSPS) is 19.5. The van der Waals surface area contributed by atoms with Crippen LogP contribution >= 0.6 is 11.8 Å². The minimum atomic E-state index is 0.777. The molecule has 1 unspecified atom stereocenters. The minimum Gasteiger partial charge on any atom is -0.311 e. The molecule has 0 N–H and O–H groups in total. The second-order valence-corrected chi connectivity index (χ2v) is 7.27. The molecule has 2 aromatic rings. The molecule has 1 aliphatic rings. The van der Waals surface area contributed by atoms with E-state index in [4.69, 9.17) is 4.98 Å². The average Bonchev–Trinajstić information content (AvgIpc) is 2.83. The second kappa shape index (κ2) is 6.79. The van der Waals surface area contributed by atoms with E-state index in [0.29, 0.717) is 0 Å². The molecule has 1 aliphatic heterocycles. The van der Waals surface area contributed by atoms with Crippen LogP contribution in [0.4, 0.5) is 0 Å². The molecule has 0 aromatic carbocycles. The number of hydrogen-bond acceptors (Lipinski definition) is 4. The summed E-state index contributed by atoms with van der Waals surface area (Å²) in [6.45, 7) is 1.99. The van der Waals surface area contributed by atoms with E-state index in [1.54, 1.807) is 0 Å². The molecule has 114 valence electrons. The molecule has 3 heterocycles. The highest BCUT2D eigenvalue weighted by Crippen LogP contribution is 2.26. The lowest BCUT2D eigenvalue weighted by atomic mass is 10.0. The fourth-order valence-corrected chi connectivity index (χ4v) is 4.08. The molecule has 0 radical (unpaired) electrons. The molecule has 21 heavy (non-hydrogen) atoms. The van der Waals surface area contributed by atoms with Crippen LogP contribution in [0, 0.1) is 5.92 Å². The SMILES string of the molecule is CN(C)CCn1c(CC2CCCSC2)nc2cccnc21. The number of nitrogens with zero attached hydrogens (tertiary/aromatic N) is 4. The largest absolute Gasteiger partial charge is 0.311 e. The fourth-order valence-electron chi connectivity index (χ4n) is 2.92. The third-order valence-corrected chi connectivity index (χ3v) is 5.36. The van der Waals surface area contributed by atoms with Gasteiger partial charge < -0.3 is 9.47 Å². The molecule has 1 fully saturated rings. The van der Waals surface area contributed by atoms with Crippen molar-refractivity contribution in [1.82, 2.24) is 19.4 Å². The molecule has 1 atom stereocenters. The molecule has 4 nitrogen and oxygen atoms in total. The van der Waals surface area contributed by atoms with Gasteiger partial charge in [-0.25, -0.2) is 9.97 Å². The first-order valence-corrected chi connectivity index (χ1v) is 8.92. The van der Waals surface area contributed by atoms with Crippen molar-refractivity contribution < 1.29 is 0 Å². The molecule has 1 saturated heterocycles. The number of imidazole rings is 1. The Bertz CT molecular complexity index is 587. The molecule has 0 bridgehead atoms. The minimum absolute atomic E-state index is 0.777. The van der Waals surface area contributed by atoms with E-state index in [1.165, 1.54) is 30.2 Å². The number of thioether (sulfide) groups is 1. The third kappa shape index (κ3) is 3.58. The Morgan fingerprint density at radius 1 is 1.43 bits per heavy atom. The zero-order chi connectivity index (χ0) is 14.7. The summed E-state index contributed by atoms with van der Waals surface area (Å²) in [5.74, 6) is 4.61. The number of hydrogen-bond donors (Lipinski definition) is 0. The maximum absolute atomic E-state index is 4.86. The van der Waals surface area contributed by atoms with Crippen LogP contribution in [0.25, 0.3) is 11.2 Å². The van der Waals surface area contributed by atoms with E-state index >= 15 is 0 Å². The summed E-state index contributed by atoms with van der Waals surface area (Å²) in [6.07, 6.45) is 5.66. The van der Waals surface area contributed by atoms with E-state index in [0.717, 1.165) is 36.6 Å². The smallest absolute Gasteiger partial charge is 0.160 e. The van der Waals surface area contributed by atoms with Crippen molar-refractivity contribution in [1.29, 1.82) is 0 Å². The van der Waals surface area contributed by atoms with Gasteiger partial charge in [0.15, 0.2) is 5.65 Å². The summed E-state index contributed by atoms with van der Waals surface area (Å²) in [5.41, 5.74) is 2.08. The summed E-state index contributed by atoms with van der Waals surface area (Å²) in [6, 6.07) is 4.06. The van der Waals surface area contributed by atoms with Crippen LogP contribution in [0.3, 0.4) is 0 Å². The first-order valence-electron chi connectivity index (χ1n) is 7.76. The van der Waals surface area contributed by atoms with Gasteiger partial charge in [0.1, 0.15) is 11.3 Å². The highest BCUT2D eigenvalue weighted by molar-refractivity contribution is 7.99. The Morgan fingerprint density at radius 2 is 2.33 bits per heavy atom. The van der Waals surface area contributed by atoms with E-state index < -0.39 is 0 Å². The Morgan fingerprint density at radius 3 is 3.10 bits per heavy atom. The van der Waals surface area contributed by atoms with Crippen LogP contribution in [0.2, 0.25) is 0 Å². The molecular formula is C16H24N4S. The summed E-state index contributed by atoms with van der Waals surface area (Å²) in [4.78, 5) is 11.6. The summed E-state index contributed by atoms with van der Waals surface area (Å²) in [7, 11) is 4.23. The summed E-state index contributed by atoms with van der Waals surface area (Å²) < 4.78 is 2.33. The Labute approximate surface area is 130 Å². The lowest BCUT2D eigenvalue weighted by molar-refractivity contribution is 0.379. The van der Waals surface area contributed by atoms with Gasteiger partial charge in [-0.2, -0.15) is 11.8 Å². The van der Waals surface area contributed by atoms with Crippen molar-refractivity contribution in [3.8, 4) is 0 Å². The van der Waals surface area contributed by atoms with Gasteiger partial charge in [-0.15, -0.1) is 0 Å². The lowest BCUT2D eigenvalue weighted by Gasteiger charge is -2.21. The van der Waals surface area contributed by atoms with Crippen molar-refractivity contribution in [2.24, 2.45) is 5.92 Å². The molecule has 0 spiro atoms. The number of likely N-dealkylation sites (N-methyl/N-ethyl adjacent to an activating group) is 1. The van der Waals surface area contributed by atoms with Crippen molar-refractivity contribution in [2.45, 2.75) is 25.8 Å². The second-order valence-electron chi connectivity index (χ2n) is 6.12. The first-order chi connectivity index (χ1) is 10.2. The first kappa shape index (κ1) is 14.9. The highest BCUT2D eigenvalue weighted by atomic mass is 32.2. The van der Waals surface area contributed by atoms with E-state index in [2.05, 4.69) is 46.4 Å². The quantitative estimate of drug-likeness (QED) is 0.850. The molecule has 0 aliphatic carbocycles. The molecule has 0 saturated carbocycles. The topological polar surface area (TPSA) is 34.0 Å². The van der Waals surface area contributed by atoms with Crippen molar-refractivity contribution in [3.05, 3.63) is 24.2 Å². The summed E-state index contributed by atoms with van der Waals surface area (Å²) >= 11 is 2.09. The van der Waals surface area contributed by atoms with Crippen molar-refractivity contribution in [2.75, 3.05) is 32.1 Å². The Balaban J connectivity index is 1.86. The van der Waals surface area contributed by atoms with Gasteiger partial charge in [0.05, 0.1) is 0 Å². The fraction of sp³-hybridized carbons (Fsp3) is 0.625. The highest BCUT2D eigenvalue weighted by Gasteiger charge is 2.19. The molecule has 2 aromatic heterocycles. The van der Waals surface area contributed by atoms with E-state index in [-0.39, 0.29) is 0 Å². The van der Waals surface area contributed by atoms with Gasteiger partial charge in [-0.1, -0.05) is 0 Å². The van der Waals surface area contributed by atoms with E-state index in [1.807, 2.05) is 12.3 Å². The zero-order valence-corrected chi connectivity index (χ0v) is 13.8. The van der Waals surface area contributed by atoms with Gasteiger partial charge in [-0.05, 0) is 56.5 Å². The molecule has 0 amide bonds. The van der Waals surface area contributed by atoms with Gasteiger partial charge in [0.2, 0.25) is 0 Å². The van der Waals surface area contributed by atoms with Crippen LogP contribution in [0.5, 0.6) is 0 Å². The Kier molecular flexibility index (Phi) is 4.80. The van der Waals surface area contributed by atoms with E-state index in [9.17, 15) is 0 Å². The third-order valence-electron chi connectivity index (χ3n) is 4.08. The van der Waals surface area contributed by atoms with Crippen molar-refractivity contribution in [3.63, 3.8) is 0 Å². The van der Waals surface area contributed by atoms with Crippen LogP contribution in [0.1, 0.15) is 18.7 Å². The molecular weight excluding hydrogens is 280 g/mol. The number of pyridine rings is 1. The van der Waals surface area contributed by atoms with Gasteiger partial charge in [-0.3, -0.25) is 0 Å². The molecule has 5 heteroatoms. The predicted molar refractivity (Wildman–Crippen MR) is 89.8 cm³/mol. The standard InChI is InChI=1S/C16H24N4S/c1-19(2)8-9-20-15(11-13-5-4-10-21-12-13)18-14-6-3-7-17-16(14)20/h3,6-7,13H,4-5,8-12H2,1-2H3. The average molecular weight is 304 g/mol.